The van der Waals surface area contributed by atoms with Gasteiger partial charge in [0.15, 0.2) is 23.3 Å². The van der Waals surface area contributed by atoms with Gasteiger partial charge in [-0.15, -0.1) is 0 Å². The Morgan fingerprint density at radius 2 is 1.07 bits per heavy atom. The Kier molecular flexibility index (Phi) is 15.0. The number of carbonyl (C=O) groups excluding carboxylic acids is 2. The Morgan fingerprint density at radius 3 is 1.60 bits per heavy atom. The normalized spacial score (nSPS) is 14.5. The Morgan fingerprint density at radius 1 is 0.582 bits per heavy atom. The predicted molar refractivity (Wildman–Crippen MR) is 243 cm³/mol. The molecule has 0 radical (unpaired) electrons. The van der Waals surface area contributed by atoms with E-state index in [1.807, 2.05) is 28.9 Å². The Balaban J connectivity index is 0.763. The maximum Gasteiger partial charge on any atom is 0.231 e. The first-order valence-corrected chi connectivity index (χ1v) is 21.8. The lowest BCUT2D eigenvalue weighted by Crippen LogP contribution is -2.38. The summed E-state index contributed by atoms with van der Waals surface area (Å²) in [5.74, 6) is -2.64. The van der Waals surface area contributed by atoms with Crippen LogP contribution in [0.15, 0.2) is 91.5 Å². The molecule has 16 nitrogen and oxygen atoms in total. The van der Waals surface area contributed by atoms with E-state index in [0.29, 0.717) is 110 Å². The highest BCUT2D eigenvalue weighted by Crippen LogP contribution is 2.26. The smallest absolute Gasteiger partial charge is 0.231 e. The topological polar surface area (TPSA) is 185 Å². The Hall–Kier alpha value is -7.32. The zero-order chi connectivity index (χ0) is 46.7. The van der Waals surface area contributed by atoms with Crippen LogP contribution in [0.3, 0.4) is 0 Å². The maximum absolute atomic E-state index is 13.6. The van der Waals surface area contributed by atoms with Gasteiger partial charge in [-0.3, -0.25) is 9.59 Å². The van der Waals surface area contributed by atoms with E-state index in [1.54, 1.807) is 30.3 Å². The summed E-state index contributed by atoms with van der Waals surface area (Å²) in [4.78, 5) is 56.5. The van der Waals surface area contributed by atoms with Crippen LogP contribution in [0, 0.1) is 30.2 Å². The molecule has 2 aromatic heterocycles. The minimum absolute atomic E-state index is 0.0467. The summed E-state index contributed by atoms with van der Waals surface area (Å²) in [6.45, 7) is 4.77. The molecule has 2 fully saturated rings. The number of hydrogen-bond donors (Lipinski definition) is 4. The van der Waals surface area contributed by atoms with E-state index in [9.17, 15) is 27.2 Å². The number of carbonyl (C=O) groups is 2. The van der Waals surface area contributed by atoms with E-state index in [2.05, 4.69) is 51.2 Å². The number of nitrogens with one attached hydrogen (secondary N) is 4. The second kappa shape index (κ2) is 21.8. The first kappa shape index (κ1) is 46.2. The van der Waals surface area contributed by atoms with E-state index in [0.717, 1.165) is 29.8 Å². The highest BCUT2D eigenvalue weighted by Gasteiger charge is 2.24. The first-order chi connectivity index (χ1) is 32.5. The largest absolute Gasteiger partial charge is 0.373 e. The lowest BCUT2D eigenvalue weighted by molar-refractivity contribution is -0.121. The molecule has 2 amide bonds. The zero-order valence-electron chi connectivity index (χ0n) is 36.5. The van der Waals surface area contributed by atoms with Gasteiger partial charge in [-0.1, -0.05) is 24.3 Å². The lowest BCUT2D eigenvalue weighted by Gasteiger charge is -2.32. The van der Waals surface area contributed by atoms with Crippen LogP contribution < -0.4 is 31.1 Å². The van der Waals surface area contributed by atoms with Crippen molar-refractivity contribution >= 4 is 58.4 Å². The second-order valence-corrected chi connectivity index (χ2v) is 16.2. The molecule has 348 valence electrons. The molecular weight excluding hydrogens is 873 g/mol. The van der Waals surface area contributed by atoms with Crippen molar-refractivity contribution in [2.75, 3.05) is 57.2 Å². The summed E-state index contributed by atoms with van der Waals surface area (Å²) in [6, 6.07) is 20.0. The van der Waals surface area contributed by atoms with Crippen LogP contribution in [-0.2, 0) is 32.3 Å². The quantitative estimate of drug-likeness (QED) is 0.0643. The summed E-state index contributed by atoms with van der Waals surface area (Å²) in [7, 11) is 0. The molecule has 0 saturated carbocycles. The van der Waals surface area contributed by atoms with Crippen molar-refractivity contribution in [2.45, 2.75) is 70.9 Å². The molecule has 2 aliphatic rings. The number of benzene rings is 4. The van der Waals surface area contributed by atoms with Crippen molar-refractivity contribution in [3.63, 3.8) is 0 Å². The third-order valence-electron chi connectivity index (χ3n) is 11.3. The van der Waals surface area contributed by atoms with Gasteiger partial charge in [-0.2, -0.15) is 9.97 Å². The highest BCUT2D eigenvalue weighted by atomic mass is 19.2. The number of nitrogens with zero attached hydrogens (tertiary/aromatic N) is 8. The SMILES string of the molecule is Cc1ccc(Nc2ncnc(N3CCC(OCc4ccc(F)c(F)c4)CC3)n2)cc1NC(=O)CCC(=O)Nc1cccc(Nc2ncnc(N3CCC(OCc4ccc(F)c(F)c4)CC3)n2)c1. The number of piperidine rings is 2. The predicted octanol–water partition coefficient (Wildman–Crippen LogP) is 8.14. The average Bonchev–Trinajstić information content (AvgIpc) is 3.33. The van der Waals surface area contributed by atoms with Crippen molar-refractivity contribution in [3.05, 3.63) is 131 Å². The van der Waals surface area contributed by atoms with Crippen molar-refractivity contribution in [2.24, 2.45) is 0 Å². The van der Waals surface area contributed by atoms with Crippen molar-refractivity contribution in [3.8, 4) is 0 Å². The molecule has 0 aliphatic carbocycles. The summed E-state index contributed by atoms with van der Waals surface area (Å²) >= 11 is 0. The zero-order valence-corrected chi connectivity index (χ0v) is 36.5. The van der Waals surface area contributed by atoms with E-state index in [1.165, 1.54) is 24.8 Å². The highest BCUT2D eigenvalue weighted by molar-refractivity contribution is 5.97. The van der Waals surface area contributed by atoms with Crippen molar-refractivity contribution in [1.82, 2.24) is 29.9 Å². The fourth-order valence-corrected chi connectivity index (χ4v) is 7.56. The van der Waals surface area contributed by atoms with Gasteiger partial charge < -0.3 is 40.5 Å². The van der Waals surface area contributed by atoms with Crippen LogP contribution in [0.1, 0.15) is 55.2 Å². The Labute approximate surface area is 383 Å². The number of anilines is 8. The third kappa shape index (κ3) is 12.9. The van der Waals surface area contributed by atoms with Gasteiger partial charge in [0.05, 0.1) is 25.4 Å². The summed E-state index contributed by atoms with van der Waals surface area (Å²) in [6.07, 6.45) is 5.43. The van der Waals surface area contributed by atoms with E-state index < -0.39 is 23.3 Å². The van der Waals surface area contributed by atoms with Gasteiger partial charge in [-0.25, -0.2) is 37.5 Å². The first-order valence-electron chi connectivity index (χ1n) is 21.8. The number of amides is 2. The maximum atomic E-state index is 13.6. The van der Waals surface area contributed by atoms with Gasteiger partial charge in [0.1, 0.15) is 12.7 Å². The molecule has 2 aliphatic heterocycles. The number of aryl methyl sites for hydroxylation is 1. The van der Waals surface area contributed by atoms with Crippen LogP contribution in [-0.4, -0.2) is 80.1 Å². The van der Waals surface area contributed by atoms with Gasteiger partial charge in [0.25, 0.3) is 0 Å². The van der Waals surface area contributed by atoms with E-state index >= 15 is 0 Å². The molecule has 67 heavy (non-hydrogen) atoms. The number of rotatable bonds is 17. The van der Waals surface area contributed by atoms with Gasteiger partial charge >= 0.3 is 0 Å². The van der Waals surface area contributed by atoms with E-state index in [4.69, 9.17) is 9.47 Å². The van der Waals surface area contributed by atoms with Gasteiger partial charge in [0, 0.05) is 61.8 Å². The van der Waals surface area contributed by atoms with Crippen LogP contribution in [0.2, 0.25) is 0 Å². The van der Waals surface area contributed by atoms with Gasteiger partial charge in [0.2, 0.25) is 35.6 Å². The van der Waals surface area contributed by atoms with Gasteiger partial charge in [-0.05, 0) is 104 Å². The molecule has 4 heterocycles. The number of halogens is 4. The fraction of sp³-hybridized carbons (Fsp3) is 0.319. The number of ether oxygens (including phenoxy) is 2. The lowest BCUT2D eigenvalue weighted by atomic mass is 10.1. The monoisotopic (exact) mass is 920 g/mol. The molecular formula is C47H48F4N12O4. The average molecular weight is 921 g/mol. The second-order valence-electron chi connectivity index (χ2n) is 16.2. The molecule has 6 aromatic rings. The molecule has 0 atom stereocenters. The molecule has 4 aromatic carbocycles. The molecule has 8 rings (SSSR count). The van der Waals surface area contributed by atoms with Crippen LogP contribution >= 0.6 is 0 Å². The Bertz CT molecular complexity index is 2680. The van der Waals surface area contributed by atoms with Crippen LogP contribution in [0.25, 0.3) is 0 Å². The minimum atomic E-state index is -0.898. The molecule has 0 spiro atoms. The molecule has 4 N–H and O–H groups in total. The minimum Gasteiger partial charge on any atom is -0.373 e. The summed E-state index contributed by atoms with van der Waals surface area (Å²) in [5.41, 5.74) is 4.29. The summed E-state index contributed by atoms with van der Waals surface area (Å²) in [5, 5.41) is 12.1. The molecule has 2 saturated heterocycles. The molecule has 0 bridgehead atoms. The third-order valence-corrected chi connectivity index (χ3v) is 11.3. The standard InChI is InChI=1S/C47H48F4N12O4/c1-29-5-8-34(58-45-53-28-55-47(61-45)63-19-15-36(16-20-63)67-26-31-7-10-38(49)40(51)22-31)24-41(29)59-43(65)12-11-42(64)56-32-3-2-4-33(23-32)57-44-52-27-54-46(60-44)62-17-13-35(14-18-62)66-25-30-6-9-37(48)39(50)21-30/h2-10,21-24,27-28,35-36H,11-20,25-26H2,1H3,(H,56,64)(H,59,65)(H,52,54,57,60)(H,53,55,58,61). The van der Waals surface area contributed by atoms with Crippen LogP contribution in [0.4, 0.5) is 64.1 Å². The summed E-state index contributed by atoms with van der Waals surface area (Å²) < 4.78 is 65.6. The number of aromatic nitrogens is 6. The molecule has 0 unspecified atom stereocenters. The van der Waals surface area contributed by atoms with Crippen LogP contribution in [0.5, 0.6) is 0 Å². The van der Waals surface area contributed by atoms with E-state index in [-0.39, 0.29) is 50.1 Å². The van der Waals surface area contributed by atoms with Crippen molar-refractivity contribution < 1.29 is 36.6 Å². The molecule has 20 heteroatoms. The fourth-order valence-electron chi connectivity index (χ4n) is 7.56. The van der Waals surface area contributed by atoms with Crippen molar-refractivity contribution in [1.29, 1.82) is 0 Å². The number of hydrogen-bond acceptors (Lipinski definition) is 14.